The molecular weight excluding hydrogens is 656 g/mol. The van der Waals surface area contributed by atoms with E-state index >= 15 is 0 Å². The van der Waals surface area contributed by atoms with Crippen LogP contribution in [0.1, 0.15) is 83.8 Å². The zero-order valence-corrected chi connectivity index (χ0v) is 31.6. The Morgan fingerprint density at radius 1 is 0.863 bits per heavy atom. The van der Waals surface area contributed by atoms with Crippen molar-refractivity contribution in [2.75, 3.05) is 36.5 Å². The predicted molar refractivity (Wildman–Crippen MR) is 210 cm³/mol. The van der Waals surface area contributed by atoms with Crippen LogP contribution in [0, 0.1) is 0 Å². The first-order chi connectivity index (χ1) is 24.0. The second-order valence-corrected chi connectivity index (χ2v) is 15.1. The SMILES string of the molecule is CN1C(=CC=C2C=C(C=CC3N(CCCCCC(=O)NCCN4C(=O)C=CC4=O)c4ccccc4C3(C)C)CCC2)C(C)(C)c2ccccc21.Cl. The van der Waals surface area contributed by atoms with Gasteiger partial charge < -0.3 is 15.1 Å². The highest BCUT2D eigenvalue weighted by Gasteiger charge is 2.42. The number of carbonyl (C=O) groups is 3. The molecule has 0 saturated heterocycles. The van der Waals surface area contributed by atoms with E-state index in [0.717, 1.165) is 50.0 Å². The van der Waals surface area contributed by atoms with Crippen LogP contribution in [-0.4, -0.2) is 55.3 Å². The number of carbonyl (C=O) groups excluding carboxylic acids is 3. The third-order valence-corrected chi connectivity index (χ3v) is 11.0. The predicted octanol–water partition coefficient (Wildman–Crippen LogP) is 8.08. The van der Waals surface area contributed by atoms with E-state index in [4.69, 9.17) is 0 Å². The molecule has 270 valence electrons. The Morgan fingerprint density at radius 2 is 1.55 bits per heavy atom. The number of fused-ring (bicyclic) bond motifs is 2. The normalized spacial score (nSPS) is 21.8. The summed E-state index contributed by atoms with van der Waals surface area (Å²) in [7, 11) is 2.18. The molecule has 4 aliphatic rings. The number of halogens is 1. The van der Waals surface area contributed by atoms with Crippen LogP contribution >= 0.6 is 12.4 Å². The smallest absolute Gasteiger partial charge is 0.253 e. The van der Waals surface area contributed by atoms with Crippen LogP contribution in [0.5, 0.6) is 0 Å². The van der Waals surface area contributed by atoms with Gasteiger partial charge in [-0.2, -0.15) is 0 Å². The number of hydrogen-bond acceptors (Lipinski definition) is 5. The minimum absolute atomic E-state index is 0. The summed E-state index contributed by atoms with van der Waals surface area (Å²) in [4.78, 5) is 41.9. The van der Waals surface area contributed by atoms with Gasteiger partial charge in [0.1, 0.15) is 0 Å². The van der Waals surface area contributed by atoms with E-state index in [0.29, 0.717) is 6.42 Å². The molecule has 0 saturated carbocycles. The lowest BCUT2D eigenvalue weighted by atomic mass is 9.80. The van der Waals surface area contributed by atoms with Gasteiger partial charge in [0.2, 0.25) is 5.91 Å². The number of allylic oxidation sites excluding steroid dienone is 7. The molecule has 51 heavy (non-hydrogen) atoms. The summed E-state index contributed by atoms with van der Waals surface area (Å²) in [6.07, 6.45) is 20.9. The first-order valence-electron chi connectivity index (χ1n) is 18.3. The number of hydrogen-bond donors (Lipinski definition) is 1. The highest BCUT2D eigenvalue weighted by atomic mass is 35.5. The lowest BCUT2D eigenvalue weighted by molar-refractivity contribution is -0.137. The number of unbranched alkanes of at least 4 members (excludes halogenated alkanes) is 2. The molecule has 0 radical (unpaired) electrons. The van der Waals surface area contributed by atoms with Gasteiger partial charge in [0, 0.05) is 73.2 Å². The van der Waals surface area contributed by atoms with Crippen LogP contribution in [-0.2, 0) is 25.2 Å². The number of rotatable bonds is 12. The Balaban J connectivity index is 0.00000504. The molecule has 1 N–H and O–H groups in total. The molecule has 3 aliphatic heterocycles. The van der Waals surface area contributed by atoms with Crippen molar-refractivity contribution >= 4 is 41.5 Å². The number of nitrogens with one attached hydrogen (secondary N) is 1. The first-order valence-corrected chi connectivity index (χ1v) is 18.3. The quantitative estimate of drug-likeness (QED) is 0.178. The van der Waals surface area contributed by atoms with Gasteiger partial charge >= 0.3 is 0 Å². The Kier molecular flexibility index (Phi) is 11.8. The minimum Gasteiger partial charge on any atom is -0.364 e. The third-order valence-electron chi connectivity index (χ3n) is 11.0. The van der Waals surface area contributed by atoms with Crippen LogP contribution in [0.2, 0.25) is 0 Å². The molecule has 1 aliphatic carbocycles. The minimum atomic E-state index is -0.321. The van der Waals surface area contributed by atoms with Crippen molar-refractivity contribution < 1.29 is 14.4 Å². The van der Waals surface area contributed by atoms with Gasteiger partial charge in [0.25, 0.3) is 11.8 Å². The highest BCUT2D eigenvalue weighted by molar-refractivity contribution is 6.12. The average Bonchev–Trinajstić information content (AvgIpc) is 3.61. The van der Waals surface area contributed by atoms with Crippen LogP contribution in [0.25, 0.3) is 0 Å². The molecular formula is C43H53ClN4O3. The van der Waals surface area contributed by atoms with Crippen LogP contribution in [0.15, 0.2) is 108 Å². The molecule has 3 amide bonds. The van der Waals surface area contributed by atoms with Crippen molar-refractivity contribution in [3.8, 4) is 0 Å². The Hall–Kier alpha value is -4.36. The number of amides is 3. The summed E-state index contributed by atoms with van der Waals surface area (Å²) in [5, 5.41) is 2.85. The maximum absolute atomic E-state index is 12.4. The van der Waals surface area contributed by atoms with Crippen LogP contribution in [0.4, 0.5) is 11.4 Å². The number of para-hydroxylation sites is 2. The van der Waals surface area contributed by atoms with Gasteiger partial charge in [-0.3, -0.25) is 19.3 Å². The zero-order valence-electron chi connectivity index (χ0n) is 30.8. The lowest BCUT2D eigenvalue weighted by Gasteiger charge is -2.32. The van der Waals surface area contributed by atoms with E-state index in [9.17, 15) is 14.4 Å². The molecule has 0 fully saturated rings. The van der Waals surface area contributed by atoms with E-state index in [1.54, 1.807) is 0 Å². The van der Waals surface area contributed by atoms with Crippen molar-refractivity contribution in [2.24, 2.45) is 0 Å². The molecule has 1 unspecified atom stereocenters. The molecule has 3 heterocycles. The third kappa shape index (κ3) is 7.94. The summed E-state index contributed by atoms with van der Waals surface area (Å²) < 4.78 is 0. The van der Waals surface area contributed by atoms with Gasteiger partial charge in [-0.15, -0.1) is 12.4 Å². The number of nitrogens with zero attached hydrogens (tertiary/aromatic N) is 3. The summed E-state index contributed by atoms with van der Waals surface area (Å²) >= 11 is 0. The molecule has 1 atom stereocenters. The van der Waals surface area contributed by atoms with Gasteiger partial charge in [0.15, 0.2) is 0 Å². The Labute approximate surface area is 310 Å². The number of benzene rings is 2. The van der Waals surface area contributed by atoms with Gasteiger partial charge in [-0.25, -0.2) is 0 Å². The first kappa shape index (κ1) is 37.9. The van der Waals surface area contributed by atoms with Crippen molar-refractivity contribution in [3.63, 3.8) is 0 Å². The summed E-state index contributed by atoms with van der Waals surface area (Å²) in [5.41, 5.74) is 9.39. The molecule has 7 nitrogen and oxygen atoms in total. The summed E-state index contributed by atoms with van der Waals surface area (Å²) in [6.45, 7) is 10.8. The van der Waals surface area contributed by atoms with E-state index in [1.165, 1.54) is 51.5 Å². The van der Waals surface area contributed by atoms with E-state index in [-0.39, 0.29) is 60.1 Å². The topological polar surface area (TPSA) is 73.0 Å². The van der Waals surface area contributed by atoms with Crippen LogP contribution < -0.4 is 15.1 Å². The van der Waals surface area contributed by atoms with Crippen molar-refractivity contribution in [1.29, 1.82) is 0 Å². The highest BCUT2D eigenvalue weighted by Crippen LogP contribution is 2.47. The van der Waals surface area contributed by atoms with Crippen molar-refractivity contribution in [2.45, 2.75) is 89.5 Å². The molecule has 2 aromatic rings. The molecule has 0 spiro atoms. The van der Waals surface area contributed by atoms with Crippen molar-refractivity contribution in [3.05, 3.63) is 119 Å². The maximum atomic E-state index is 12.4. The fourth-order valence-electron chi connectivity index (χ4n) is 8.21. The van der Waals surface area contributed by atoms with Crippen LogP contribution in [0.3, 0.4) is 0 Å². The maximum Gasteiger partial charge on any atom is 0.253 e. The second kappa shape index (κ2) is 15.9. The number of likely N-dealkylation sites (N-methyl/N-ethyl adjacent to an activating group) is 1. The van der Waals surface area contributed by atoms with Gasteiger partial charge in [0.05, 0.1) is 6.04 Å². The average molecular weight is 709 g/mol. The molecule has 2 aromatic carbocycles. The lowest BCUT2D eigenvalue weighted by Crippen LogP contribution is -2.40. The Bertz CT molecular complexity index is 1780. The summed E-state index contributed by atoms with van der Waals surface area (Å²) in [6, 6.07) is 17.8. The van der Waals surface area contributed by atoms with E-state index in [1.807, 2.05) is 0 Å². The standard InChI is InChI=1S/C43H52N4O3.ClH/c1-42(2)33-16-8-10-18-35(33)45(5)37(42)23-21-31-14-13-15-32(30-31)22-24-38-43(3,4)34-17-9-11-19-36(34)46(38)28-12-6-7-20-39(48)44-27-29-47-40(49)25-26-41(47)50;/h8-11,16-19,21-26,30,38H,6-7,12-15,20,27-29H2,1-5H3,(H,44,48);1H. The van der Waals surface area contributed by atoms with E-state index in [2.05, 4.69) is 129 Å². The molecule has 8 heteroatoms. The monoisotopic (exact) mass is 708 g/mol. The van der Waals surface area contributed by atoms with Gasteiger partial charge in [-0.05, 0) is 72.6 Å². The van der Waals surface area contributed by atoms with Crippen molar-refractivity contribution in [1.82, 2.24) is 10.2 Å². The zero-order chi connectivity index (χ0) is 35.5. The van der Waals surface area contributed by atoms with E-state index < -0.39 is 0 Å². The summed E-state index contributed by atoms with van der Waals surface area (Å²) in [5.74, 6) is -0.685. The fraction of sp³-hybridized carbons (Fsp3) is 0.419. The molecule has 0 aromatic heterocycles. The number of anilines is 2. The fourth-order valence-corrected chi connectivity index (χ4v) is 8.21. The number of imide groups is 1. The molecule has 0 bridgehead atoms. The second-order valence-electron chi connectivity index (χ2n) is 15.1. The molecule has 6 rings (SSSR count). The largest absolute Gasteiger partial charge is 0.364 e. The Morgan fingerprint density at radius 3 is 2.27 bits per heavy atom. The van der Waals surface area contributed by atoms with Gasteiger partial charge in [-0.1, -0.05) is 94.8 Å².